The molecule has 0 bridgehead atoms. The van der Waals surface area contributed by atoms with Crippen LogP contribution in [0.4, 0.5) is 11.5 Å². The zero-order chi connectivity index (χ0) is 25.3. The molecule has 182 valence electrons. The van der Waals surface area contributed by atoms with E-state index in [1.54, 1.807) is 7.11 Å². The van der Waals surface area contributed by atoms with Gasteiger partial charge >= 0.3 is 0 Å². The lowest BCUT2D eigenvalue weighted by atomic mass is 9.93. The monoisotopic (exact) mass is 499 g/mol. The van der Waals surface area contributed by atoms with Crippen molar-refractivity contribution in [3.05, 3.63) is 72.5 Å². The van der Waals surface area contributed by atoms with Crippen molar-refractivity contribution in [2.24, 2.45) is 0 Å². The maximum Gasteiger partial charge on any atom is 0.258 e. The van der Waals surface area contributed by atoms with Gasteiger partial charge in [0.25, 0.3) is 5.89 Å². The van der Waals surface area contributed by atoms with Crippen LogP contribution in [-0.4, -0.2) is 27.5 Å². The molecule has 0 amide bonds. The van der Waals surface area contributed by atoms with Gasteiger partial charge in [0.1, 0.15) is 11.5 Å². The Balaban J connectivity index is 1.30. The number of thiocarbonyl (C=S) groups is 1. The van der Waals surface area contributed by atoms with Crippen molar-refractivity contribution < 1.29 is 13.8 Å². The summed E-state index contributed by atoms with van der Waals surface area (Å²) in [6.07, 6.45) is 0. The molecule has 0 aliphatic heterocycles. The van der Waals surface area contributed by atoms with Crippen molar-refractivity contribution in [1.82, 2.24) is 15.3 Å². The van der Waals surface area contributed by atoms with Crippen molar-refractivity contribution in [2.75, 3.05) is 17.7 Å². The minimum atomic E-state index is -0.132. The molecule has 0 saturated carbocycles. The summed E-state index contributed by atoms with van der Waals surface area (Å²) in [5.41, 5.74) is 2.34. The number of nitrogens with zero attached hydrogens (tertiary/aromatic N) is 3. The fraction of sp³-hybridized carbons (Fsp3) is 0.185. The van der Waals surface area contributed by atoms with Gasteiger partial charge in [0.2, 0.25) is 5.82 Å². The molecular weight excluding hydrogens is 474 g/mol. The maximum absolute atomic E-state index is 5.57. The van der Waals surface area contributed by atoms with Crippen LogP contribution in [-0.2, 0) is 5.41 Å². The average Bonchev–Trinajstić information content (AvgIpc) is 3.54. The van der Waals surface area contributed by atoms with E-state index >= 15 is 0 Å². The van der Waals surface area contributed by atoms with Crippen molar-refractivity contribution in [2.45, 2.75) is 26.2 Å². The van der Waals surface area contributed by atoms with E-state index in [0.29, 0.717) is 22.6 Å². The number of hydrogen-bond acceptors (Lipinski definition) is 7. The Morgan fingerprint density at radius 2 is 1.64 bits per heavy atom. The summed E-state index contributed by atoms with van der Waals surface area (Å²) in [5.74, 6) is 3.07. The second kappa shape index (κ2) is 9.43. The number of fused-ring (bicyclic) bond motifs is 1. The molecule has 2 heterocycles. The first-order valence-electron chi connectivity index (χ1n) is 11.4. The van der Waals surface area contributed by atoms with Crippen LogP contribution < -0.4 is 15.4 Å². The van der Waals surface area contributed by atoms with Gasteiger partial charge in [0.05, 0.1) is 7.11 Å². The fourth-order valence-corrected chi connectivity index (χ4v) is 3.98. The Morgan fingerprint density at radius 3 is 2.33 bits per heavy atom. The molecule has 0 saturated heterocycles. The topological polar surface area (TPSA) is 98.2 Å². The van der Waals surface area contributed by atoms with Gasteiger partial charge in [0.15, 0.2) is 10.9 Å². The minimum Gasteiger partial charge on any atom is -0.496 e. The number of hydrogen-bond donors (Lipinski definition) is 2. The van der Waals surface area contributed by atoms with Gasteiger partial charge in [-0.1, -0.05) is 55.4 Å². The van der Waals surface area contributed by atoms with Crippen molar-refractivity contribution in [1.29, 1.82) is 0 Å². The van der Waals surface area contributed by atoms with E-state index < -0.39 is 0 Å². The number of aromatic nitrogens is 3. The van der Waals surface area contributed by atoms with E-state index in [1.807, 2.05) is 66.7 Å². The molecule has 0 atom stereocenters. The lowest BCUT2D eigenvalue weighted by molar-refractivity contribution is 0.331. The van der Waals surface area contributed by atoms with E-state index in [9.17, 15) is 0 Å². The summed E-state index contributed by atoms with van der Waals surface area (Å²) < 4.78 is 16.4. The van der Waals surface area contributed by atoms with Gasteiger partial charge in [-0.3, -0.25) is 0 Å². The van der Waals surface area contributed by atoms with Crippen LogP contribution in [0.2, 0.25) is 0 Å². The normalized spacial score (nSPS) is 11.4. The van der Waals surface area contributed by atoms with E-state index in [2.05, 4.69) is 46.7 Å². The SMILES string of the molecule is COc1ccc(-c2noc(-c3ccc(NC(=S)Nc4cc(C(C)(C)C)on4)cc3)n2)c2ccccc12. The van der Waals surface area contributed by atoms with E-state index in [-0.39, 0.29) is 5.41 Å². The summed E-state index contributed by atoms with van der Waals surface area (Å²) in [5, 5.41) is 16.8. The van der Waals surface area contributed by atoms with E-state index in [1.165, 1.54) is 0 Å². The number of benzene rings is 3. The molecule has 0 radical (unpaired) electrons. The van der Waals surface area contributed by atoms with Crippen molar-refractivity contribution >= 4 is 39.6 Å². The minimum absolute atomic E-state index is 0.132. The van der Waals surface area contributed by atoms with Crippen molar-refractivity contribution in [3.63, 3.8) is 0 Å². The number of nitrogens with one attached hydrogen (secondary N) is 2. The standard InChI is InChI=1S/C27H25N5O3S/c1-27(2,3)22-15-23(31-34-22)29-26(36)28-17-11-9-16(10-12-17)25-30-24(32-35-25)20-13-14-21(33-4)19-8-6-5-7-18(19)20/h5-15H,1-4H3,(H2,28,29,31,36). The summed E-state index contributed by atoms with van der Waals surface area (Å²) >= 11 is 5.41. The molecule has 9 heteroatoms. The number of anilines is 2. The fourth-order valence-electron chi connectivity index (χ4n) is 3.76. The molecule has 0 aliphatic rings. The Morgan fingerprint density at radius 1 is 0.889 bits per heavy atom. The highest BCUT2D eigenvalue weighted by Crippen LogP contribution is 2.34. The van der Waals surface area contributed by atoms with E-state index in [0.717, 1.165) is 39.1 Å². The molecule has 3 aromatic carbocycles. The molecule has 8 nitrogen and oxygen atoms in total. The third kappa shape index (κ3) is 4.78. The molecule has 5 aromatic rings. The first kappa shape index (κ1) is 23.5. The predicted octanol–water partition coefficient (Wildman–Crippen LogP) is 6.66. The smallest absolute Gasteiger partial charge is 0.258 e. The molecule has 36 heavy (non-hydrogen) atoms. The number of methoxy groups -OCH3 is 1. The summed E-state index contributed by atoms with van der Waals surface area (Å²) in [4.78, 5) is 4.63. The first-order chi connectivity index (χ1) is 17.3. The number of rotatable bonds is 5. The largest absolute Gasteiger partial charge is 0.496 e. The maximum atomic E-state index is 5.57. The quantitative estimate of drug-likeness (QED) is 0.257. The molecule has 5 rings (SSSR count). The molecule has 2 N–H and O–H groups in total. The molecule has 0 spiro atoms. The first-order valence-corrected chi connectivity index (χ1v) is 11.8. The third-order valence-corrected chi connectivity index (χ3v) is 5.86. The predicted molar refractivity (Wildman–Crippen MR) is 144 cm³/mol. The van der Waals surface area contributed by atoms with Crippen LogP contribution in [0.1, 0.15) is 26.5 Å². The van der Waals surface area contributed by atoms with Gasteiger partial charge < -0.3 is 24.4 Å². The van der Waals surface area contributed by atoms with Crippen LogP contribution in [0.15, 0.2) is 75.8 Å². The highest BCUT2D eigenvalue weighted by atomic mass is 32.1. The summed E-state index contributed by atoms with van der Waals surface area (Å²) in [7, 11) is 1.66. The number of ether oxygens (including phenoxy) is 1. The van der Waals surface area contributed by atoms with Gasteiger partial charge in [-0.2, -0.15) is 4.98 Å². The van der Waals surface area contributed by atoms with Crippen molar-refractivity contribution in [3.8, 4) is 28.6 Å². The zero-order valence-electron chi connectivity index (χ0n) is 20.3. The van der Waals surface area contributed by atoms with E-state index in [4.69, 9.17) is 26.0 Å². The van der Waals surface area contributed by atoms with Crippen LogP contribution in [0, 0.1) is 0 Å². The van der Waals surface area contributed by atoms with Crippen LogP contribution in [0.5, 0.6) is 5.75 Å². The van der Waals surface area contributed by atoms with Gasteiger partial charge in [-0.25, -0.2) is 0 Å². The summed E-state index contributed by atoms with van der Waals surface area (Å²) in [6.45, 7) is 6.17. The lowest BCUT2D eigenvalue weighted by Crippen LogP contribution is -2.19. The van der Waals surface area contributed by atoms with Gasteiger partial charge in [0, 0.05) is 33.7 Å². The Kier molecular flexibility index (Phi) is 6.15. The Bertz CT molecular complexity index is 1530. The highest BCUT2D eigenvalue weighted by Gasteiger charge is 2.20. The highest BCUT2D eigenvalue weighted by molar-refractivity contribution is 7.80. The second-order valence-electron chi connectivity index (χ2n) is 9.27. The Hall–Kier alpha value is -4.24. The second-order valence-corrected chi connectivity index (χ2v) is 9.68. The Labute approximate surface area is 213 Å². The third-order valence-electron chi connectivity index (χ3n) is 5.65. The van der Waals surface area contributed by atoms with Crippen LogP contribution in [0.25, 0.3) is 33.6 Å². The summed E-state index contributed by atoms with van der Waals surface area (Å²) in [6, 6.07) is 21.2. The molecule has 0 unspecified atom stereocenters. The van der Waals surface area contributed by atoms with Crippen LogP contribution >= 0.6 is 12.2 Å². The molecular formula is C27H25N5O3S. The molecule has 2 aromatic heterocycles. The lowest BCUT2D eigenvalue weighted by Gasteiger charge is -2.12. The molecule has 0 aliphatic carbocycles. The average molecular weight is 500 g/mol. The van der Waals surface area contributed by atoms with Gasteiger partial charge in [-0.05, 0) is 54.0 Å². The van der Waals surface area contributed by atoms with Crippen LogP contribution in [0.3, 0.4) is 0 Å². The zero-order valence-corrected chi connectivity index (χ0v) is 21.1. The molecule has 0 fully saturated rings. The van der Waals surface area contributed by atoms with Gasteiger partial charge in [-0.15, -0.1) is 0 Å².